The lowest BCUT2D eigenvalue weighted by Gasteiger charge is -2.18. The predicted octanol–water partition coefficient (Wildman–Crippen LogP) is 0.578. The van der Waals surface area contributed by atoms with Gasteiger partial charge in [-0.05, 0) is 44.7 Å². The summed E-state index contributed by atoms with van der Waals surface area (Å²) in [5.74, 6) is -0.602. The zero-order valence-corrected chi connectivity index (χ0v) is 16.0. The molecule has 0 spiro atoms. The highest BCUT2D eigenvalue weighted by molar-refractivity contribution is 7.89. The van der Waals surface area contributed by atoms with Crippen molar-refractivity contribution in [2.45, 2.75) is 37.7 Å². The van der Waals surface area contributed by atoms with E-state index in [1.54, 1.807) is 19.1 Å². The lowest BCUT2D eigenvalue weighted by molar-refractivity contribution is -0.136. The number of likely N-dealkylation sites (N-methyl/N-ethyl adjacent to an activating group) is 1. The van der Waals surface area contributed by atoms with Crippen LogP contribution in [-0.2, 0) is 24.3 Å². The van der Waals surface area contributed by atoms with Gasteiger partial charge in [0, 0.05) is 7.05 Å². The van der Waals surface area contributed by atoms with E-state index in [0.717, 1.165) is 22.7 Å². The van der Waals surface area contributed by atoms with Gasteiger partial charge in [-0.1, -0.05) is 17.7 Å². The van der Waals surface area contributed by atoms with Crippen molar-refractivity contribution in [1.82, 2.24) is 15.2 Å². The van der Waals surface area contributed by atoms with E-state index in [1.165, 1.54) is 19.2 Å². The van der Waals surface area contributed by atoms with Crippen molar-refractivity contribution < 1.29 is 22.7 Å². The van der Waals surface area contributed by atoms with Crippen molar-refractivity contribution in [2.75, 3.05) is 20.2 Å². The van der Waals surface area contributed by atoms with Gasteiger partial charge in [-0.2, -0.15) is 4.31 Å². The highest BCUT2D eigenvalue weighted by atomic mass is 32.2. The number of hydrogen-bond donors (Lipinski definition) is 2. The summed E-state index contributed by atoms with van der Waals surface area (Å²) in [5, 5.41) is 0. The van der Waals surface area contributed by atoms with Gasteiger partial charge in [0.1, 0.15) is 6.10 Å². The summed E-state index contributed by atoms with van der Waals surface area (Å²) in [6.45, 7) is 3.55. The van der Waals surface area contributed by atoms with E-state index in [-0.39, 0.29) is 4.90 Å². The number of benzene rings is 1. The number of nitrogens with one attached hydrogen (secondary N) is 2. The number of ether oxygens (including phenoxy) is 1. The molecule has 0 heterocycles. The van der Waals surface area contributed by atoms with Crippen LogP contribution >= 0.6 is 0 Å². The molecule has 2 amide bonds. The maximum atomic E-state index is 12.4. The Balaban J connectivity index is 1.80. The van der Waals surface area contributed by atoms with Crippen molar-refractivity contribution in [3.05, 3.63) is 29.8 Å². The summed E-state index contributed by atoms with van der Waals surface area (Å²) >= 11 is 0. The summed E-state index contributed by atoms with van der Waals surface area (Å²) in [5.41, 5.74) is 5.39. The van der Waals surface area contributed by atoms with Crippen LogP contribution in [0.2, 0.25) is 0 Å². The van der Waals surface area contributed by atoms with Gasteiger partial charge in [-0.3, -0.25) is 20.4 Å². The third kappa shape index (κ3) is 5.79. The number of rotatable bonds is 8. The van der Waals surface area contributed by atoms with Crippen LogP contribution in [0.3, 0.4) is 0 Å². The van der Waals surface area contributed by atoms with Gasteiger partial charge in [0.05, 0.1) is 18.0 Å². The number of amides is 2. The molecule has 9 heteroatoms. The van der Waals surface area contributed by atoms with Gasteiger partial charge in [0.2, 0.25) is 10.0 Å². The van der Waals surface area contributed by atoms with Crippen LogP contribution in [0.15, 0.2) is 29.2 Å². The molecule has 1 aliphatic rings. The summed E-state index contributed by atoms with van der Waals surface area (Å²) in [6, 6.07) is 6.34. The molecular formula is C17H25N3O5S. The van der Waals surface area contributed by atoms with E-state index in [9.17, 15) is 18.0 Å². The second-order valence-corrected chi connectivity index (χ2v) is 8.58. The molecule has 1 saturated carbocycles. The van der Waals surface area contributed by atoms with Crippen molar-refractivity contribution in [3.8, 4) is 0 Å². The van der Waals surface area contributed by atoms with Gasteiger partial charge < -0.3 is 4.74 Å². The molecule has 144 valence electrons. The van der Waals surface area contributed by atoms with Gasteiger partial charge in [-0.15, -0.1) is 0 Å². The molecule has 26 heavy (non-hydrogen) atoms. The van der Waals surface area contributed by atoms with Gasteiger partial charge in [0.25, 0.3) is 11.8 Å². The highest BCUT2D eigenvalue weighted by Crippen LogP contribution is 2.29. The Bertz CT molecular complexity index is 744. The van der Waals surface area contributed by atoms with E-state index in [4.69, 9.17) is 4.74 Å². The molecule has 0 saturated heterocycles. The molecule has 1 unspecified atom stereocenters. The fraction of sp³-hybridized carbons (Fsp3) is 0.529. The average Bonchev–Trinajstić information content (AvgIpc) is 3.42. The number of nitrogens with zero attached hydrogens (tertiary/aromatic N) is 1. The Hall–Kier alpha value is -1.97. The molecular weight excluding hydrogens is 358 g/mol. The van der Waals surface area contributed by atoms with Gasteiger partial charge >= 0.3 is 0 Å². The standard InChI is InChI=1S/C17H25N3O5S/c1-12-4-8-15(9-5-12)26(23,24)20(3)10-16(21)18-19-17(22)13(2)25-11-14-6-7-14/h4-5,8-9,13-14H,6-7,10-11H2,1-3H3,(H,18,21)(H,19,22). The van der Waals surface area contributed by atoms with Crippen molar-refractivity contribution in [2.24, 2.45) is 5.92 Å². The molecule has 1 aliphatic carbocycles. The molecule has 0 aromatic heterocycles. The Morgan fingerprint density at radius 3 is 2.42 bits per heavy atom. The maximum Gasteiger partial charge on any atom is 0.267 e. The van der Waals surface area contributed by atoms with Crippen molar-refractivity contribution >= 4 is 21.8 Å². The number of sulfonamides is 1. The van der Waals surface area contributed by atoms with Crippen molar-refractivity contribution in [3.63, 3.8) is 0 Å². The second-order valence-electron chi connectivity index (χ2n) is 6.53. The molecule has 8 nitrogen and oxygen atoms in total. The smallest absolute Gasteiger partial charge is 0.267 e. The van der Waals surface area contributed by atoms with E-state index in [0.29, 0.717) is 12.5 Å². The largest absolute Gasteiger partial charge is 0.368 e. The molecule has 1 fully saturated rings. The van der Waals surface area contributed by atoms with E-state index >= 15 is 0 Å². The van der Waals surface area contributed by atoms with Crippen molar-refractivity contribution in [1.29, 1.82) is 0 Å². The summed E-state index contributed by atoms with van der Waals surface area (Å²) in [7, 11) is -2.48. The molecule has 0 aliphatic heterocycles. The molecule has 0 bridgehead atoms. The normalized spacial score (nSPS) is 15.5. The third-order valence-electron chi connectivity index (χ3n) is 4.07. The minimum absolute atomic E-state index is 0.101. The maximum absolute atomic E-state index is 12.4. The first-order chi connectivity index (χ1) is 12.2. The molecule has 2 N–H and O–H groups in total. The van der Waals surface area contributed by atoms with Crippen LogP contribution < -0.4 is 10.9 Å². The van der Waals surface area contributed by atoms with Gasteiger partial charge in [0.15, 0.2) is 0 Å². The Labute approximate surface area is 153 Å². The van der Waals surface area contributed by atoms with Crippen LogP contribution in [0.4, 0.5) is 0 Å². The Kier molecular flexibility index (Phi) is 6.74. The SMILES string of the molecule is Cc1ccc(S(=O)(=O)N(C)CC(=O)NNC(=O)C(C)OCC2CC2)cc1. The second kappa shape index (κ2) is 8.61. The summed E-state index contributed by atoms with van der Waals surface area (Å²) < 4.78 is 31.2. The van der Waals surface area contributed by atoms with Crippen LogP contribution in [0.1, 0.15) is 25.3 Å². The van der Waals surface area contributed by atoms with Crippen LogP contribution in [-0.4, -0.2) is 50.8 Å². The Morgan fingerprint density at radius 2 is 1.85 bits per heavy atom. The third-order valence-corrected chi connectivity index (χ3v) is 5.89. The number of carbonyl (C=O) groups is 2. The van der Waals surface area contributed by atoms with Crippen LogP contribution in [0.25, 0.3) is 0 Å². The summed E-state index contributed by atoms with van der Waals surface area (Å²) in [4.78, 5) is 23.9. The number of aryl methyl sites for hydroxylation is 1. The number of hydrazine groups is 1. The molecule has 0 radical (unpaired) electrons. The molecule has 2 rings (SSSR count). The zero-order valence-electron chi connectivity index (χ0n) is 15.2. The fourth-order valence-corrected chi connectivity index (χ4v) is 3.22. The first-order valence-corrected chi connectivity index (χ1v) is 9.87. The Morgan fingerprint density at radius 1 is 1.23 bits per heavy atom. The predicted molar refractivity (Wildman–Crippen MR) is 95.4 cm³/mol. The number of carbonyl (C=O) groups excluding carboxylic acids is 2. The van der Waals surface area contributed by atoms with Crippen LogP contribution in [0, 0.1) is 12.8 Å². The molecule has 1 aromatic carbocycles. The first kappa shape index (κ1) is 20.3. The minimum Gasteiger partial charge on any atom is -0.368 e. The first-order valence-electron chi connectivity index (χ1n) is 8.43. The lowest BCUT2D eigenvalue weighted by Crippen LogP contribution is -2.49. The zero-order chi connectivity index (χ0) is 19.3. The van der Waals surface area contributed by atoms with E-state index < -0.39 is 34.5 Å². The topological polar surface area (TPSA) is 105 Å². The van der Waals surface area contributed by atoms with E-state index in [1.807, 2.05) is 6.92 Å². The monoisotopic (exact) mass is 383 g/mol. The van der Waals surface area contributed by atoms with Crippen LogP contribution in [0.5, 0.6) is 0 Å². The highest BCUT2D eigenvalue weighted by Gasteiger charge is 2.25. The lowest BCUT2D eigenvalue weighted by atomic mass is 10.2. The quantitative estimate of drug-likeness (QED) is 0.639. The average molecular weight is 383 g/mol. The van der Waals surface area contributed by atoms with Gasteiger partial charge in [-0.25, -0.2) is 8.42 Å². The fourth-order valence-electron chi connectivity index (χ4n) is 2.09. The molecule has 1 aromatic rings. The number of hydrogen-bond acceptors (Lipinski definition) is 5. The van der Waals surface area contributed by atoms with E-state index in [2.05, 4.69) is 10.9 Å². The summed E-state index contributed by atoms with van der Waals surface area (Å²) in [6.07, 6.45) is 1.55. The molecule has 1 atom stereocenters. The minimum atomic E-state index is -3.78.